The van der Waals surface area contributed by atoms with Gasteiger partial charge in [0.05, 0.1) is 43.5 Å². The summed E-state index contributed by atoms with van der Waals surface area (Å²) in [6, 6.07) is 18.2. The van der Waals surface area contributed by atoms with E-state index in [1.807, 2.05) is 43.3 Å². The van der Waals surface area contributed by atoms with Gasteiger partial charge in [0, 0.05) is 47.4 Å². The molecule has 0 saturated carbocycles. The molecule has 1 unspecified atom stereocenters. The fourth-order valence-electron chi connectivity index (χ4n) is 5.10. The fourth-order valence-corrected chi connectivity index (χ4v) is 5.10. The number of carboxylic acid groups (broad SMARTS) is 1. The maximum atomic E-state index is 12.2. The molecule has 1 saturated heterocycles. The molecule has 0 bridgehead atoms. The number of benzene rings is 3. The average Bonchev–Trinajstić information content (AvgIpc) is 2.94. The fraction of sp³-hybridized carbons (Fsp3) is 0.290. The van der Waals surface area contributed by atoms with Crippen LogP contribution in [0.25, 0.3) is 33.4 Å². The first-order chi connectivity index (χ1) is 19.3. The van der Waals surface area contributed by atoms with E-state index in [-0.39, 0.29) is 35.9 Å². The molecule has 1 N–H and O–H groups in total. The van der Waals surface area contributed by atoms with E-state index >= 15 is 0 Å². The lowest BCUT2D eigenvalue weighted by molar-refractivity contribution is -0.146. The minimum Gasteiger partial charge on any atom is -0.478 e. The smallest absolute Gasteiger partial charge is 0.336 e. The van der Waals surface area contributed by atoms with Crippen LogP contribution in [0.5, 0.6) is 0 Å². The number of anilines is 1. The molecule has 3 aliphatic rings. The van der Waals surface area contributed by atoms with Crippen LogP contribution < -0.4 is 10.3 Å². The van der Waals surface area contributed by atoms with Crippen molar-refractivity contribution in [1.82, 2.24) is 0 Å². The minimum absolute atomic E-state index is 0.173. The molecule has 0 radical (unpaired) electrons. The predicted octanol–water partition coefficient (Wildman–Crippen LogP) is 4.61. The highest BCUT2D eigenvalue weighted by atomic mass is 16.5. The number of aromatic carboxylic acids is 1. The Morgan fingerprint density at radius 3 is 2.50 bits per heavy atom. The van der Waals surface area contributed by atoms with Crippen molar-refractivity contribution in [2.24, 2.45) is 16.8 Å². The standard InChI is InChI=1S/C31H30N2O7/c1-4-18(30(36)38-2)15-32-20-9-11-24-26(13-20)40-27-14-21(33-16-19(17-33)31(37)39-3)10-12-25(27)28(24)22-7-5-6-8-23(22)29(34)35/h5-14,18-19H,4,15-17H2,1-3H3,(H,34,35)/b32-20+. The zero-order valence-corrected chi connectivity index (χ0v) is 22.5. The molecular formula is C31H30N2O7. The first kappa shape index (κ1) is 26.9. The van der Waals surface area contributed by atoms with Crippen LogP contribution in [0.1, 0.15) is 23.7 Å². The Morgan fingerprint density at radius 1 is 1.02 bits per heavy atom. The second-order valence-electron chi connectivity index (χ2n) is 9.78. The van der Waals surface area contributed by atoms with E-state index in [4.69, 9.17) is 13.9 Å². The van der Waals surface area contributed by atoms with Gasteiger partial charge in [0.1, 0.15) is 11.3 Å². The van der Waals surface area contributed by atoms with Crippen LogP contribution in [0.15, 0.2) is 70.1 Å². The zero-order chi connectivity index (χ0) is 28.4. The Morgan fingerprint density at radius 2 is 1.80 bits per heavy atom. The van der Waals surface area contributed by atoms with Gasteiger partial charge in [-0.1, -0.05) is 25.1 Å². The molecule has 9 nitrogen and oxygen atoms in total. The lowest BCUT2D eigenvalue weighted by atomic mass is 9.90. The monoisotopic (exact) mass is 542 g/mol. The Labute approximate surface area is 231 Å². The average molecular weight is 543 g/mol. The molecule has 2 heterocycles. The number of hydrogen-bond acceptors (Lipinski definition) is 8. The van der Waals surface area contributed by atoms with Gasteiger partial charge in [-0.25, -0.2) is 4.79 Å². The van der Waals surface area contributed by atoms with E-state index in [1.165, 1.54) is 14.2 Å². The van der Waals surface area contributed by atoms with Crippen LogP contribution in [0, 0.1) is 11.8 Å². The highest BCUT2D eigenvalue weighted by Crippen LogP contribution is 2.42. The summed E-state index contributed by atoms with van der Waals surface area (Å²) in [5.41, 5.74) is 3.69. The third kappa shape index (κ3) is 5.02. The largest absolute Gasteiger partial charge is 0.478 e. The summed E-state index contributed by atoms with van der Waals surface area (Å²) in [6.45, 7) is 3.27. The number of ether oxygens (including phenoxy) is 2. The molecular weight excluding hydrogens is 512 g/mol. The van der Waals surface area contributed by atoms with Crippen LogP contribution in [0.4, 0.5) is 5.69 Å². The third-order valence-electron chi connectivity index (χ3n) is 7.42. The van der Waals surface area contributed by atoms with Gasteiger partial charge in [0.15, 0.2) is 0 Å². The van der Waals surface area contributed by atoms with Crippen molar-refractivity contribution >= 4 is 34.6 Å². The van der Waals surface area contributed by atoms with Gasteiger partial charge in [-0.2, -0.15) is 0 Å². The van der Waals surface area contributed by atoms with E-state index in [0.29, 0.717) is 41.8 Å². The molecule has 0 amide bonds. The van der Waals surface area contributed by atoms with Gasteiger partial charge >= 0.3 is 17.9 Å². The highest BCUT2D eigenvalue weighted by Gasteiger charge is 2.34. The lowest BCUT2D eigenvalue weighted by Gasteiger charge is -2.39. The number of fused-ring (bicyclic) bond motifs is 2. The van der Waals surface area contributed by atoms with Crippen LogP contribution in [0.3, 0.4) is 0 Å². The zero-order valence-electron chi connectivity index (χ0n) is 22.5. The molecule has 206 valence electrons. The summed E-state index contributed by atoms with van der Waals surface area (Å²) in [6.07, 6.45) is 0.602. The van der Waals surface area contributed by atoms with Crippen molar-refractivity contribution in [2.45, 2.75) is 13.3 Å². The number of rotatable bonds is 8. The molecule has 2 aromatic carbocycles. The minimum atomic E-state index is -1.02. The maximum Gasteiger partial charge on any atom is 0.336 e. The van der Waals surface area contributed by atoms with Crippen molar-refractivity contribution in [3.8, 4) is 22.5 Å². The van der Waals surface area contributed by atoms with E-state index in [0.717, 1.165) is 22.2 Å². The second kappa shape index (κ2) is 11.2. The quantitative estimate of drug-likeness (QED) is 0.253. The van der Waals surface area contributed by atoms with Crippen LogP contribution in [0.2, 0.25) is 0 Å². The summed E-state index contributed by atoms with van der Waals surface area (Å²) in [7, 11) is 2.76. The molecule has 40 heavy (non-hydrogen) atoms. The molecule has 0 aromatic heterocycles. The predicted molar refractivity (Wildman–Crippen MR) is 149 cm³/mol. The second-order valence-corrected chi connectivity index (χ2v) is 9.78. The lowest BCUT2D eigenvalue weighted by Crippen LogP contribution is -2.50. The number of carbonyl (C=O) groups excluding carboxylic acids is 2. The number of esters is 2. The molecule has 1 fully saturated rings. The van der Waals surface area contributed by atoms with Crippen molar-refractivity contribution in [3.63, 3.8) is 0 Å². The summed E-state index contributed by atoms with van der Waals surface area (Å²) >= 11 is 0. The summed E-state index contributed by atoms with van der Waals surface area (Å²) < 4.78 is 16.1. The van der Waals surface area contributed by atoms with Crippen molar-refractivity contribution in [1.29, 1.82) is 0 Å². The first-order valence-electron chi connectivity index (χ1n) is 13.1. The van der Waals surface area contributed by atoms with E-state index in [1.54, 1.807) is 24.3 Å². The van der Waals surface area contributed by atoms with Gasteiger partial charge in [-0.3, -0.25) is 14.6 Å². The summed E-state index contributed by atoms with van der Waals surface area (Å²) in [5, 5.41) is 11.3. The van der Waals surface area contributed by atoms with Crippen molar-refractivity contribution < 1.29 is 33.4 Å². The Hall–Kier alpha value is -4.66. The number of hydrogen-bond donors (Lipinski definition) is 1. The topological polar surface area (TPSA) is 119 Å². The number of nitrogens with zero attached hydrogens (tertiary/aromatic N) is 2. The third-order valence-corrected chi connectivity index (χ3v) is 7.42. The Bertz CT molecular complexity index is 1630. The first-order valence-corrected chi connectivity index (χ1v) is 13.1. The van der Waals surface area contributed by atoms with Crippen LogP contribution in [-0.4, -0.2) is 56.9 Å². The highest BCUT2D eigenvalue weighted by molar-refractivity contribution is 6.07. The van der Waals surface area contributed by atoms with Gasteiger partial charge in [-0.15, -0.1) is 0 Å². The van der Waals surface area contributed by atoms with Crippen LogP contribution >= 0.6 is 0 Å². The van der Waals surface area contributed by atoms with Gasteiger partial charge in [0.25, 0.3) is 0 Å². The van der Waals surface area contributed by atoms with Gasteiger partial charge in [0.2, 0.25) is 0 Å². The van der Waals surface area contributed by atoms with Gasteiger partial charge in [-0.05, 0) is 42.3 Å². The molecule has 1 aliphatic carbocycles. The molecule has 1 atom stereocenters. The molecule has 2 aliphatic heterocycles. The normalized spacial score (nSPS) is 14.7. The summed E-state index contributed by atoms with van der Waals surface area (Å²) in [5.74, 6) is -1.54. The summed E-state index contributed by atoms with van der Waals surface area (Å²) in [4.78, 5) is 42.7. The number of carbonyl (C=O) groups is 3. The van der Waals surface area contributed by atoms with E-state index in [2.05, 4.69) is 9.89 Å². The van der Waals surface area contributed by atoms with Crippen molar-refractivity contribution in [3.05, 3.63) is 71.6 Å². The molecule has 2 aromatic rings. The maximum absolute atomic E-state index is 12.2. The molecule has 9 heteroatoms. The Kier molecular flexibility index (Phi) is 7.55. The van der Waals surface area contributed by atoms with Crippen molar-refractivity contribution in [2.75, 3.05) is 38.8 Å². The van der Waals surface area contributed by atoms with Crippen LogP contribution in [-0.2, 0) is 19.1 Å². The molecule has 0 spiro atoms. The van der Waals surface area contributed by atoms with E-state index < -0.39 is 5.97 Å². The SMILES string of the molecule is CCC(C/N=c1\ccc2c(-c3ccccc3C(=O)O)c3ccc(N4CC(C(=O)OC)C4)cc3oc-2c1)C(=O)OC. The number of methoxy groups -OCH3 is 2. The molecule has 5 rings (SSSR count). The number of carboxylic acids is 1. The Balaban J connectivity index is 1.65. The van der Waals surface area contributed by atoms with Gasteiger partial charge < -0.3 is 23.9 Å². The van der Waals surface area contributed by atoms with E-state index in [9.17, 15) is 19.5 Å².